The topological polar surface area (TPSA) is 45.0 Å². The Hall–Kier alpha value is -0.820. The van der Waals surface area contributed by atoms with Crippen LogP contribution in [0, 0.1) is 11.3 Å². The lowest BCUT2D eigenvalue weighted by atomic mass is 9.88. The van der Waals surface area contributed by atoms with Gasteiger partial charge in [-0.25, -0.2) is 0 Å². The number of ether oxygens (including phenoxy) is 1. The average Bonchev–Trinajstić information content (AvgIpc) is 1.82. The Bertz CT molecular complexity index is 256. The predicted molar refractivity (Wildman–Crippen MR) is 49.5 cm³/mol. The van der Waals surface area contributed by atoms with E-state index in [1.54, 1.807) is 6.92 Å². The van der Waals surface area contributed by atoms with Crippen LogP contribution in [0.4, 0.5) is 0 Å². The predicted octanol–water partition coefficient (Wildman–Crippen LogP) is 1.34. The molecule has 1 atom stereocenters. The van der Waals surface area contributed by atoms with E-state index >= 15 is 0 Å². The Morgan fingerprint density at radius 1 is 1.58 bits per heavy atom. The molecule has 0 aromatic carbocycles. The Morgan fingerprint density at radius 2 is 2.17 bits per heavy atom. The van der Waals surface area contributed by atoms with Crippen LogP contribution in [-0.4, -0.2) is 16.3 Å². The van der Waals surface area contributed by atoms with Gasteiger partial charge in [0.15, 0.2) is 5.60 Å². The SMILES string of the molecule is CC1(C)C[C@](C)(C#N)OC(=S)N1. The fourth-order valence-corrected chi connectivity index (χ4v) is 1.95. The van der Waals surface area contributed by atoms with Gasteiger partial charge in [-0.05, 0) is 33.0 Å². The largest absolute Gasteiger partial charge is 0.449 e. The Labute approximate surface area is 77.7 Å². The van der Waals surface area contributed by atoms with Crippen LogP contribution in [-0.2, 0) is 4.74 Å². The number of rotatable bonds is 0. The van der Waals surface area contributed by atoms with Crippen molar-refractivity contribution in [1.82, 2.24) is 5.32 Å². The first-order chi connectivity index (χ1) is 5.37. The molecule has 1 saturated heterocycles. The van der Waals surface area contributed by atoms with Crippen LogP contribution in [0.5, 0.6) is 0 Å². The van der Waals surface area contributed by atoms with Gasteiger partial charge in [-0.2, -0.15) is 5.26 Å². The van der Waals surface area contributed by atoms with Crippen molar-refractivity contribution in [3.63, 3.8) is 0 Å². The molecule has 0 bridgehead atoms. The van der Waals surface area contributed by atoms with Crippen LogP contribution in [0.2, 0.25) is 0 Å². The number of nitriles is 1. The first-order valence-corrected chi connectivity index (χ1v) is 4.20. The zero-order valence-corrected chi connectivity index (χ0v) is 8.29. The molecule has 4 heteroatoms. The standard InChI is InChI=1S/C8H12N2OS/c1-7(2)4-8(3,5-9)11-6(12)10-7/h4H2,1-3H3,(H,10,12)/t8-/m1/s1. The van der Waals surface area contributed by atoms with E-state index in [1.807, 2.05) is 13.8 Å². The highest BCUT2D eigenvalue weighted by Gasteiger charge is 2.40. The summed E-state index contributed by atoms with van der Waals surface area (Å²) in [6.07, 6.45) is 0.636. The smallest absolute Gasteiger partial charge is 0.258 e. The molecular weight excluding hydrogens is 172 g/mol. The maximum atomic E-state index is 8.84. The number of hydrogen-bond acceptors (Lipinski definition) is 3. The first-order valence-electron chi connectivity index (χ1n) is 3.79. The molecule has 0 aromatic rings. The summed E-state index contributed by atoms with van der Waals surface area (Å²) in [5.74, 6) is 0. The minimum atomic E-state index is -0.772. The molecule has 0 unspecified atom stereocenters. The fraction of sp³-hybridized carbons (Fsp3) is 0.750. The van der Waals surface area contributed by atoms with E-state index in [9.17, 15) is 0 Å². The maximum absolute atomic E-state index is 8.84. The van der Waals surface area contributed by atoms with E-state index in [0.717, 1.165) is 0 Å². The molecule has 0 aliphatic carbocycles. The summed E-state index contributed by atoms with van der Waals surface area (Å²) in [7, 11) is 0. The van der Waals surface area contributed by atoms with Gasteiger partial charge in [0.1, 0.15) is 6.07 Å². The van der Waals surface area contributed by atoms with E-state index in [4.69, 9.17) is 22.2 Å². The molecule has 0 amide bonds. The van der Waals surface area contributed by atoms with Crippen molar-refractivity contribution >= 4 is 17.4 Å². The molecule has 0 aromatic heterocycles. The van der Waals surface area contributed by atoms with Gasteiger partial charge in [0.2, 0.25) is 0 Å². The minimum absolute atomic E-state index is 0.153. The van der Waals surface area contributed by atoms with Crippen molar-refractivity contribution in [2.45, 2.75) is 38.3 Å². The van der Waals surface area contributed by atoms with E-state index in [2.05, 4.69) is 11.4 Å². The lowest BCUT2D eigenvalue weighted by Crippen LogP contribution is -2.56. The van der Waals surface area contributed by atoms with Crippen molar-refractivity contribution in [1.29, 1.82) is 5.26 Å². The summed E-state index contributed by atoms with van der Waals surface area (Å²) in [4.78, 5) is 0. The zero-order valence-electron chi connectivity index (χ0n) is 7.47. The molecule has 0 spiro atoms. The second-order valence-corrected chi connectivity index (χ2v) is 4.29. The van der Waals surface area contributed by atoms with Crippen LogP contribution >= 0.6 is 12.2 Å². The molecule has 1 aliphatic heterocycles. The molecule has 1 fully saturated rings. The Morgan fingerprint density at radius 3 is 2.58 bits per heavy atom. The summed E-state index contributed by atoms with van der Waals surface area (Å²) in [5, 5.41) is 12.2. The highest BCUT2D eigenvalue weighted by Crippen LogP contribution is 2.27. The highest BCUT2D eigenvalue weighted by atomic mass is 32.1. The van der Waals surface area contributed by atoms with E-state index in [-0.39, 0.29) is 5.54 Å². The third kappa shape index (κ3) is 1.86. The summed E-state index contributed by atoms with van der Waals surface area (Å²) in [6.45, 7) is 5.75. The molecule has 3 nitrogen and oxygen atoms in total. The molecule has 1 N–H and O–H groups in total. The Kier molecular flexibility index (Phi) is 2.01. The van der Waals surface area contributed by atoms with Gasteiger partial charge in [0.25, 0.3) is 5.17 Å². The van der Waals surface area contributed by atoms with Gasteiger partial charge < -0.3 is 10.1 Å². The van der Waals surface area contributed by atoms with E-state index < -0.39 is 5.60 Å². The minimum Gasteiger partial charge on any atom is -0.449 e. The molecule has 1 rings (SSSR count). The molecule has 1 aliphatic rings. The van der Waals surface area contributed by atoms with Crippen LogP contribution in [0.15, 0.2) is 0 Å². The van der Waals surface area contributed by atoms with Crippen molar-refractivity contribution < 1.29 is 4.74 Å². The second-order valence-electron chi connectivity index (χ2n) is 3.92. The summed E-state index contributed by atoms with van der Waals surface area (Å²) in [6, 6.07) is 2.12. The summed E-state index contributed by atoms with van der Waals surface area (Å²) < 4.78 is 5.22. The average molecular weight is 184 g/mol. The lowest BCUT2D eigenvalue weighted by molar-refractivity contribution is 0.0608. The summed E-state index contributed by atoms with van der Waals surface area (Å²) >= 11 is 4.89. The van der Waals surface area contributed by atoms with Gasteiger partial charge >= 0.3 is 0 Å². The zero-order chi connectivity index (χ0) is 9.41. The van der Waals surface area contributed by atoms with Crippen LogP contribution in [0.1, 0.15) is 27.2 Å². The van der Waals surface area contributed by atoms with Gasteiger partial charge in [0.05, 0.1) is 0 Å². The van der Waals surface area contributed by atoms with Crippen molar-refractivity contribution in [2.75, 3.05) is 0 Å². The fourth-order valence-electron chi connectivity index (χ4n) is 1.49. The van der Waals surface area contributed by atoms with Gasteiger partial charge in [-0.15, -0.1) is 0 Å². The van der Waals surface area contributed by atoms with Crippen molar-refractivity contribution in [3.05, 3.63) is 0 Å². The van der Waals surface area contributed by atoms with Crippen LogP contribution < -0.4 is 5.32 Å². The van der Waals surface area contributed by atoms with Crippen LogP contribution in [0.3, 0.4) is 0 Å². The van der Waals surface area contributed by atoms with Gasteiger partial charge in [-0.1, -0.05) is 0 Å². The van der Waals surface area contributed by atoms with Crippen molar-refractivity contribution in [2.24, 2.45) is 0 Å². The first kappa shape index (κ1) is 9.27. The molecule has 0 saturated carbocycles. The second kappa shape index (κ2) is 2.60. The highest BCUT2D eigenvalue weighted by molar-refractivity contribution is 7.80. The maximum Gasteiger partial charge on any atom is 0.258 e. The normalized spacial score (nSPS) is 33.0. The molecule has 66 valence electrons. The summed E-state index contributed by atoms with van der Waals surface area (Å²) in [5.41, 5.74) is -0.925. The third-order valence-corrected chi connectivity index (χ3v) is 1.96. The van der Waals surface area contributed by atoms with Gasteiger partial charge in [-0.3, -0.25) is 0 Å². The van der Waals surface area contributed by atoms with Crippen LogP contribution in [0.25, 0.3) is 0 Å². The van der Waals surface area contributed by atoms with Crippen molar-refractivity contribution in [3.8, 4) is 6.07 Å². The lowest BCUT2D eigenvalue weighted by Gasteiger charge is -2.40. The number of nitrogens with zero attached hydrogens (tertiary/aromatic N) is 1. The van der Waals surface area contributed by atoms with E-state index in [1.165, 1.54) is 0 Å². The quantitative estimate of drug-likeness (QED) is 0.577. The third-order valence-electron chi connectivity index (χ3n) is 1.77. The van der Waals surface area contributed by atoms with E-state index in [0.29, 0.717) is 11.6 Å². The molecule has 1 heterocycles. The molecular formula is C8H12N2OS. The Balaban J connectivity index is 2.86. The molecule has 12 heavy (non-hydrogen) atoms. The van der Waals surface area contributed by atoms with Gasteiger partial charge in [0, 0.05) is 12.0 Å². The monoisotopic (exact) mass is 184 g/mol. The number of nitrogens with one attached hydrogen (secondary N) is 1. The number of hydrogen-bond donors (Lipinski definition) is 1. The molecule has 0 radical (unpaired) electrons. The number of thiocarbonyl (C=S) groups is 1.